The summed E-state index contributed by atoms with van der Waals surface area (Å²) in [5.41, 5.74) is 2.34. The molecule has 4 heterocycles. The SMILES string of the molecule is CCOC(=O)c1cc2sc(Cl)cc2[nH]1.CO.O=C(O)c1cc2sc(Cl)cc2[nH]1.[Na+].[OH-]. The van der Waals surface area contributed by atoms with E-state index in [1.165, 1.54) is 22.7 Å². The van der Waals surface area contributed by atoms with Crippen molar-refractivity contribution in [1.82, 2.24) is 9.97 Å². The van der Waals surface area contributed by atoms with E-state index in [9.17, 15) is 9.59 Å². The molecule has 0 atom stereocenters. The summed E-state index contributed by atoms with van der Waals surface area (Å²) < 4.78 is 8.07. The number of aromatic nitrogens is 2. The number of fused-ring (bicyclic) bond motifs is 2. The third-order valence-electron chi connectivity index (χ3n) is 3.28. The third kappa shape index (κ3) is 7.26. The van der Waals surface area contributed by atoms with Gasteiger partial charge in [-0.25, -0.2) is 9.59 Å². The first-order chi connectivity index (χ1) is 13.4. The number of hydrogen-bond donors (Lipinski definition) is 4. The maximum atomic E-state index is 11.3. The number of halogens is 2. The summed E-state index contributed by atoms with van der Waals surface area (Å²) in [7, 11) is 1.00. The van der Waals surface area contributed by atoms with Crippen molar-refractivity contribution < 1.29 is 59.6 Å². The third-order valence-corrected chi connectivity index (χ3v) is 5.70. The molecule has 4 aromatic rings. The number of carboxylic acids is 1. The van der Waals surface area contributed by atoms with Crippen LogP contribution < -0.4 is 29.6 Å². The number of carbonyl (C=O) groups excluding carboxylic acids is 1. The van der Waals surface area contributed by atoms with Gasteiger partial charge in [0.15, 0.2) is 0 Å². The number of ether oxygens (including phenoxy) is 1. The van der Waals surface area contributed by atoms with Crippen molar-refractivity contribution >= 4 is 78.2 Å². The summed E-state index contributed by atoms with van der Waals surface area (Å²) >= 11 is 14.3. The molecule has 0 amide bonds. The van der Waals surface area contributed by atoms with Crippen LogP contribution in [0.5, 0.6) is 0 Å². The average Bonchev–Trinajstić information content (AvgIpc) is 3.36. The van der Waals surface area contributed by atoms with Gasteiger partial charge in [0.25, 0.3) is 0 Å². The standard InChI is InChI=1S/C9H8ClNO2S.C7H4ClNO2S.CH4O.Na.H2O/c1-2-13-9(12)6-3-7-5(11-6)4-8(10)14-7;8-6-2-3-5(12-6)1-4(9-3)7(10)11;1-2;;/h3-4,11H,2H2,1H3;1-2,9H,(H,10,11);2H,1H3;;1H2/q;;;+1;/p-1. The first-order valence-corrected chi connectivity index (χ1v) is 10.2. The molecule has 30 heavy (non-hydrogen) atoms. The van der Waals surface area contributed by atoms with Crippen LogP contribution in [-0.4, -0.2) is 51.3 Å². The zero-order valence-corrected chi connectivity index (χ0v) is 21.3. The van der Waals surface area contributed by atoms with E-state index in [-0.39, 0.29) is 46.7 Å². The van der Waals surface area contributed by atoms with Crippen LogP contribution in [0.25, 0.3) is 20.4 Å². The van der Waals surface area contributed by atoms with Crippen LogP contribution in [0.2, 0.25) is 8.67 Å². The summed E-state index contributed by atoms with van der Waals surface area (Å²) in [6, 6.07) is 6.84. The first kappa shape index (κ1) is 28.9. The Labute approximate surface area is 211 Å². The molecular weight excluding hydrogens is 486 g/mol. The number of aliphatic hydroxyl groups is 1. The molecule has 0 fully saturated rings. The number of aromatic amines is 2. The second kappa shape index (κ2) is 13.4. The number of rotatable bonds is 3. The molecule has 0 saturated heterocycles. The maximum Gasteiger partial charge on any atom is 1.00 e. The van der Waals surface area contributed by atoms with Crippen molar-refractivity contribution in [2.75, 3.05) is 13.7 Å². The van der Waals surface area contributed by atoms with Gasteiger partial charge in [0.1, 0.15) is 11.4 Å². The zero-order valence-electron chi connectivity index (χ0n) is 16.2. The van der Waals surface area contributed by atoms with Gasteiger partial charge in [-0.2, -0.15) is 0 Å². The summed E-state index contributed by atoms with van der Waals surface area (Å²) in [5.74, 6) is -1.28. The monoisotopic (exact) mass is 502 g/mol. The molecule has 8 nitrogen and oxygen atoms in total. The number of thiophene rings is 2. The van der Waals surface area contributed by atoms with E-state index in [4.69, 9.17) is 38.2 Å². The van der Waals surface area contributed by atoms with E-state index in [1.807, 2.05) is 0 Å². The number of H-pyrrole nitrogens is 2. The minimum atomic E-state index is -0.950. The molecule has 0 aliphatic heterocycles. The minimum absolute atomic E-state index is 0. The fourth-order valence-corrected chi connectivity index (χ4v) is 4.50. The number of carboxylic acid groups (broad SMARTS) is 1. The Balaban J connectivity index is 0.000000492. The fourth-order valence-electron chi connectivity index (χ4n) is 2.22. The summed E-state index contributed by atoms with van der Waals surface area (Å²) in [5, 5.41) is 15.6. The molecule has 0 saturated carbocycles. The molecule has 0 spiro atoms. The van der Waals surface area contributed by atoms with Gasteiger partial charge >= 0.3 is 41.5 Å². The molecule has 5 N–H and O–H groups in total. The van der Waals surface area contributed by atoms with Gasteiger partial charge < -0.3 is 30.4 Å². The van der Waals surface area contributed by atoms with Crippen molar-refractivity contribution in [1.29, 1.82) is 0 Å². The second-order valence-electron chi connectivity index (χ2n) is 5.05. The number of nitrogens with one attached hydrogen (secondary N) is 2. The molecule has 4 rings (SSSR count). The Hall–Kier alpha value is -1.08. The molecule has 0 aliphatic rings. The zero-order chi connectivity index (χ0) is 20.8. The summed E-state index contributed by atoms with van der Waals surface area (Å²) in [6.45, 7) is 2.16. The Kier molecular flexibility index (Phi) is 12.9. The smallest absolute Gasteiger partial charge is 0.870 e. The van der Waals surface area contributed by atoms with Crippen LogP contribution in [0.3, 0.4) is 0 Å². The van der Waals surface area contributed by atoms with E-state index < -0.39 is 5.97 Å². The number of aliphatic hydroxyl groups excluding tert-OH is 1. The van der Waals surface area contributed by atoms with Crippen LogP contribution in [0.1, 0.15) is 27.9 Å². The molecule has 13 heteroatoms. The molecular formula is C17H17Cl2N2NaO6S2. The van der Waals surface area contributed by atoms with Crippen molar-refractivity contribution in [2.24, 2.45) is 0 Å². The molecule has 0 aromatic carbocycles. The van der Waals surface area contributed by atoms with Crippen LogP contribution >= 0.6 is 45.9 Å². The van der Waals surface area contributed by atoms with Crippen molar-refractivity contribution in [2.45, 2.75) is 6.92 Å². The van der Waals surface area contributed by atoms with Crippen molar-refractivity contribution in [3.05, 3.63) is 44.3 Å². The summed E-state index contributed by atoms with van der Waals surface area (Å²) in [4.78, 5) is 27.5. The molecule has 4 aromatic heterocycles. The molecule has 0 aliphatic carbocycles. The number of esters is 1. The van der Waals surface area contributed by atoms with E-state index in [0.717, 1.165) is 27.5 Å². The summed E-state index contributed by atoms with van der Waals surface area (Å²) in [6.07, 6.45) is 0. The molecule has 0 unspecified atom stereocenters. The van der Waals surface area contributed by atoms with Crippen LogP contribution in [0, 0.1) is 0 Å². The normalized spacial score (nSPS) is 9.50. The van der Waals surface area contributed by atoms with E-state index in [2.05, 4.69) is 9.97 Å². The van der Waals surface area contributed by atoms with Gasteiger partial charge in [0.2, 0.25) is 0 Å². The van der Waals surface area contributed by atoms with E-state index in [0.29, 0.717) is 21.0 Å². The van der Waals surface area contributed by atoms with E-state index in [1.54, 1.807) is 31.2 Å². The topological polar surface area (TPSA) is 145 Å². The average molecular weight is 503 g/mol. The predicted molar refractivity (Wildman–Crippen MR) is 115 cm³/mol. The van der Waals surface area contributed by atoms with Gasteiger partial charge in [0.05, 0.1) is 35.7 Å². The fraction of sp³-hybridized carbons (Fsp3) is 0.176. The number of hydrogen-bond acceptors (Lipinski definition) is 7. The molecule has 158 valence electrons. The van der Waals surface area contributed by atoms with Crippen molar-refractivity contribution in [3.63, 3.8) is 0 Å². The Bertz CT molecular complexity index is 1040. The first-order valence-electron chi connectivity index (χ1n) is 7.78. The largest absolute Gasteiger partial charge is 1.00 e. The van der Waals surface area contributed by atoms with E-state index >= 15 is 0 Å². The van der Waals surface area contributed by atoms with Crippen LogP contribution in [0.15, 0.2) is 24.3 Å². The Morgan fingerprint density at radius 3 is 1.80 bits per heavy atom. The number of carbonyl (C=O) groups is 2. The van der Waals surface area contributed by atoms with Gasteiger partial charge in [-0.1, -0.05) is 23.2 Å². The molecule has 0 radical (unpaired) electrons. The Morgan fingerprint density at radius 2 is 1.40 bits per heavy atom. The number of aromatic carboxylic acids is 1. The Morgan fingerprint density at radius 1 is 0.967 bits per heavy atom. The maximum absolute atomic E-state index is 11.3. The molecule has 0 bridgehead atoms. The van der Waals surface area contributed by atoms with Crippen LogP contribution in [0.4, 0.5) is 0 Å². The van der Waals surface area contributed by atoms with Crippen LogP contribution in [-0.2, 0) is 4.74 Å². The minimum Gasteiger partial charge on any atom is -0.870 e. The predicted octanol–water partition coefficient (Wildman–Crippen LogP) is 2.08. The van der Waals surface area contributed by atoms with Gasteiger partial charge in [-0.05, 0) is 31.2 Å². The quantitative estimate of drug-likeness (QED) is 0.249. The van der Waals surface area contributed by atoms with Gasteiger partial charge in [-0.3, -0.25) is 0 Å². The van der Waals surface area contributed by atoms with Gasteiger partial charge in [0, 0.05) is 7.11 Å². The second-order valence-corrected chi connectivity index (χ2v) is 8.48. The van der Waals surface area contributed by atoms with Gasteiger partial charge in [-0.15, -0.1) is 22.7 Å². The van der Waals surface area contributed by atoms with Crippen molar-refractivity contribution in [3.8, 4) is 0 Å².